The fourth-order valence-corrected chi connectivity index (χ4v) is 2.84. The number of nitrogens with one attached hydrogen (secondary N) is 1. The first-order valence-electron chi connectivity index (χ1n) is 7.84. The van der Waals surface area contributed by atoms with Crippen LogP contribution in [0.3, 0.4) is 0 Å². The first-order valence-corrected chi connectivity index (χ1v) is 7.84. The topological polar surface area (TPSA) is 52.7 Å². The Kier molecular flexibility index (Phi) is 5.41. The van der Waals surface area contributed by atoms with E-state index in [2.05, 4.69) is 5.32 Å². The fourth-order valence-electron chi connectivity index (χ4n) is 2.84. The number of carbonyl (C=O) groups excluding carboxylic acids is 2. The van der Waals surface area contributed by atoms with E-state index in [1.165, 1.54) is 6.42 Å². The molecule has 1 aromatic carbocycles. The van der Waals surface area contributed by atoms with Crippen molar-refractivity contribution < 1.29 is 9.59 Å². The molecule has 1 fully saturated rings. The lowest BCUT2D eigenvalue weighted by molar-refractivity contribution is -0.144. The molecule has 1 aromatic rings. The van der Waals surface area contributed by atoms with Gasteiger partial charge in [-0.2, -0.15) is 0 Å². The Bertz CT molecular complexity index is 536. The molecule has 0 spiro atoms. The lowest BCUT2D eigenvalue weighted by atomic mass is 9.94. The first-order chi connectivity index (χ1) is 10.5. The number of nitrogens with zero attached hydrogens (tertiary/aromatic N) is 2. The summed E-state index contributed by atoms with van der Waals surface area (Å²) >= 11 is 0. The second-order valence-corrected chi connectivity index (χ2v) is 6.11. The van der Waals surface area contributed by atoms with E-state index in [4.69, 9.17) is 0 Å². The molecule has 0 saturated heterocycles. The van der Waals surface area contributed by atoms with Crippen LogP contribution in [0.5, 0.6) is 0 Å². The van der Waals surface area contributed by atoms with Crippen molar-refractivity contribution in [3.8, 4) is 0 Å². The van der Waals surface area contributed by atoms with Crippen LogP contribution in [0.4, 0.5) is 11.4 Å². The quantitative estimate of drug-likeness (QED) is 0.873. The van der Waals surface area contributed by atoms with Crippen LogP contribution in [0.25, 0.3) is 0 Å². The molecule has 0 heterocycles. The summed E-state index contributed by atoms with van der Waals surface area (Å²) in [5, 5.41) is 2.70. The molecule has 120 valence electrons. The summed E-state index contributed by atoms with van der Waals surface area (Å²) in [5.74, 6) is -1.02. The Morgan fingerprint density at radius 2 is 1.77 bits per heavy atom. The summed E-state index contributed by atoms with van der Waals surface area (Å²) in [6.45, 7) is 0. The third kappa shape index (κ3) is 4.00. The molecule has 2 amide bonds. The number of hydrogen-bond donors (Lipinski definition) is 1. The van der Waals surface area contributed by atoms with E-state index in [1.54, 1.807) is 18.0 Å². The van der Waals surface area contributed by atoms with Crippen molar-refractivity contribution in [2.45, 2.75) is 38.1 Å². The summed E-state index contributed by atoms with van der Waals surface area (Å²) in [4.78, 5) is 28.0. The largest absolute Gasteiger partial charge is 0.378 e. The molecule has 1 aliphatic rings. The zero-order valence-corrected chi connectivity index (χ0v) is 13.6. The molecule has 5 nitrogen and oxygen atoms in total. The van der Waals surface area contributed by atoms with Crippen molar-refractivity contribution in [3.63, 3.8) is 0 Å². The van der Waals surface area contributed by atoms with Gasteiger partial charge in [-0.3, -0.25) is 9.59 Å². The number of rotatable bonds is 3. The van der Waals surface area contributed by atoms with E-state index in [0.717, 1.165) is 31.4 Å². The lowest BCUT2D eigenvalue weighted by Crippen LogP contribution is -2.44. The smallest absolute Gasteiger partial charge is 0.313 e. The second-order valence-electron chi connectivity index (χ2n) is 6.11. The zero-order valence-electron chi connectivity index (χ0n) is 13.6. The van der Waals surface area contributed by atoms with Crippen molar-refractivity contribution in [1.82, 2.24) is 4.90 Å². The van der Waals surface area contributed by atoms with Crippen molar-refractivity contribution >= 4 is 23.2 Å². The highest BCUT2D eigenvalue weighted by atomic mass is 16.2. The SMILES string of the molecule is CN(C)c1cccc(NC(=O)C(=O)N(C)C2CCCCC2)c1. The van der Waals surface area contributed by atoms with E-state index in [1.807, 2.05) is 37.2 Å². The minimum atomic E-state index is -0.566. The summed E-state index contributed by atoms with van der Waals surface area (Å²) in [6.07, 6.45) is 5.48. The number of benzene rings is 1. The van der Waals surface area contributed by atoms with Gasteiger partial charge < -0.3 is 15.1 Å². The van der Waals surface area contributed by atoms with Gasteiger partial charge >= 0.3 is 11.8 Å². The van der Waals surface area contributed by atoms with Gasteiger partial charge in [-0.15, -0.1) is 0 Å². The molecular formula is C17H25N3O2. The van der Waals surface area contributed by atoms with Gasteiger partial charge in [0.05, 0.1) is 0 Å². The minimum Gasteiger partial charge on any atom is -0.378 e. The van der Waals surface area contributed by atoms with Crippen molar-refractivity contribution in [2.75, 3.05) is 31.4 Å². The third-order valence-corrected chi connectivity index (χ3v) is 4.26. The second kappa shape index (κ2) is 7.29. The van der Waals surface area contributed by atoms with E-state index >= 15 is 0 Å². The molecule has 2 rings (SSSR count). The molecule has 5 heteroatoms. The maximum absolute atomic E-state index is 12.3. The maximum atomic E-state index is 12.3. The Morgan fingerprint density at radius 1 is 1.09 bits per heavy atom. The predicted molar refractivity (Wildman–Crippen MR) is 89.0 cm³/mol. The summed E-state index contributed by atoms with van der Waals surface area (Å²) in [6, 6.07) is 7.65. The highest BCUT2D eigenvalue weighted by molar-refractivity contribution is 6.39. The molecule has 0 radical (unpaired) electrons. The van der Waals surface area contributed by atoms with Crippen LogP contribution in [0.15, 0.2) is 24.3 Å². The van der Waals surface area contributed by atoms with Crippen LogP contribution >= 0.6 is 0 Å². The average Bonchev–Trinajstić information content (AvgIpc) is 2.54. The van der Waals surface area contributed by atoms with E-state index in [9.17, 15) is 9.59 Å². The first kappa shape index (κ1) is 16.3. The van der Waals surface area contributed by atoms with Gasteiger partial charge in [0, 0.05) is 38.6 Å². The normalized spacial score (nSPS) is 15.2. The number of anilines is 2. The zero-order chi connectivity index (χ0) is 16.1. The Labute approximate surface area is 132 Å². The number of carbonyl (C=O) groups is 2. The minimum absolute atomic E-state index is 0.195. The summed E-state index contributed by atoms with van der Waals surface area (Å²) in [7, 11) is 5.60. The molecular weight excluding hydrogens is 278 g/mol. The Balaban J connectivity index is 1.98. The summed E-state index contributed by atoms with van der Waals surface area (Å²) < 4.78 is 0. The molecule has 0 atom stereocenters. The van der Waals surface area contributed by atoms with Crippen LogP contribution in [0.2, 0.25) is 0 Å². The van der Waals surface area contributed by atoms with E-state index in [-0.39, 0.29) is 6.04 Å². The van der Waals surface area contributed by atoms with Gasteiger partial charge in [-0.05, 0) is 31.0 Å². The number of hydrogen-bond acceptors (Lipinski definition) is 3. The molecule has 0 aliphatic heterocycles. The molecule has 22 heavy (non-hydrogen) atoms. The Hall–Kier alpha value is -2.04. The standard InChI is InChI=1S/C17H25N3O2/c1-19(2)15-11-7-8-13(12-15)18-16(21)17(22)20(3)14-9-5-4-6-10-14/h7-8,11-12,14H,4-6,9-10H2,1-3H3,(H,18,21). The molecule has 0 bridgehead atoms. The molecule has 0 aromatic heterocycles. The van der Waals surface area contributed by atoms with Crippen LogP contribution in [0.1, 0.15) is 32.1 Å². The molecule has 1 saturated carbocycles. The number of likely N-dealkylation sites (N-methyl/N-ethyl adjacent to an activating group) is 1. The van der Waals surface area contributed by atoms with Crippen molar-refractivity contribution in [3.05, 3.63) is 24.3 Å². The number of amides is 2. The fraction of sp³-hybridized carbons (Fsp3) is 0.529. The van der Waals surface area contributed by atoms with Gasteiger partial charge in [-0.25, -0.2) is 0 Å². The van der Waals surface area contributed by atoms with Crippen molar-refractivity contribution in [1.29, 1.82) is 0 Å². The van der Waals surface area contributed by atoms with Gasteiger partial charge in [0.2, 0.25) is 0 Å². The Morgan fingerprint density at radius 3 is 2.41 bits per heavy atom. The monoisotopic (exact) mass is 303 g/mol. The van der Waals surface area contributed by atoms with Gasteiger partial charge in [0.1, 0.15) is 0 Å². The molecule has 0 unspecified atom stereocenters. The van der Waals surface area contributed by atoms with E-state index in [0.29, 0.717) is 5.69 Å². The van der Waals surface area contributed by atoms with Crippen molar-refractivity contribution in [2.24, 2.45) is 0 Å². The molecule has 1 N–H and O–H groups in total. The van der Waals surface area contributed by atoms with Crippen LogP contribution in [-0.2, 0) is 9.59 Å². The highest BCUT2D eigenvalue weighted by Crippen LogP contribution is 2.22. The van der Waals surface area contributed by atoms with Crippen LogP contribution in [-0.4, -0.2) is 43.9 Å². The molecule has 1 aliphatic carbocycles. The predicted octanol–water partition coefficient (Wildman–Crippen LogP) is 2.48. The highest BCUT2D eigenvalue weighted by Gasteiger charge is 2.26. The average molecular weight is 303 g/mol. The van der Waals surface area contributed by atoms with Gasteiger partial charge in [-0.1, -0.05) is 25.3 Å². The lowest BCUT2D eigenvalue weighted by Gasteiger charge is -2.30. The van der Waals surface area contributed by atoms with Gasteiger partial charge in [0.25, 0.3) is 0 Å². The third-order valence-electron chi connectivity index (χ3n) is 4.26. The maximum Gasteiger partial charge on any atom is 0.313 e. The van der Waals surface area contributed by atoms with Crippen LogP contribution in [0, 0.1) is 0 Å². The summed E-state index contributed by atoms with van der Waals surface area (Å²) in [5.41, 5.74) is 1.62. The van der Waals surface area contributed by atoms with E-state index < -0.39 is 11.8 Å². The van der Waals surface area contributed by atoms with Gasteiger partial charge in [0.15, 0.2) is 0 Å². The van der Waals surface area contributed by atoms with Crippen LogP contribution < -0.4 is 10.2 Å².